The number of nitrogens with one attached hydrogen (secondary N) is 1. The number of rotatable bonds is 5. The first-order chi connectivity index (χ1) is 9.93. The van der Waals surface area contributed by atoms with Crippen molar-refractivity contribution in [2.45, 2.75) is 77.5 Å². The van der Waals surface area contributed by atoms with Crippen LogP contribution in [0.5, 0.6) is 0 Å². The third kappa shape index (κ3) is 4.94. The molecule has 1 saturated carbocycles. The van der Waals surface area contributed by atoms with Gasteiger partial charge in [0.25, 0.3) is 0 Å². The van der Waals surface area contributed by atoms with Crippen molar-refractivity contribution in [2.24, 2.45) is 11.8 Å². The van der Waals surface area contributed by atoms with E-state index in [-0.39, 0.29) is 5.60 Å². The Kier molecular flexibility index (Phi) is 6.10. The molecule has 0 aromatic heterocycles. The van der Waals surface area contributed by atoms with Crippen LogP contribution >= 0.6 is 0 Å². The van der Waals surface area contributed by atoms with Gasteiger partial charge in [0.05, 0.1) is 11.7 Å². The second-order valence-corrected chi connectivity index (χ2v) is 8.01. The Morgan fingerprint density at radius 2 is 2.05 bits per heavy atom. The minimum atomic E-state index is 0.00426. The molecule has 0 spiro atoms. The van der Waals surface area contributed by atoms with E-state index in [4.69, 9.17) is 4.74 Å². The third-order valence-electron chi connectivity index (χ3n) is 5.29. The highest BCUT2D eigenvalue weighted by atomic mass is 16.5. The number of hydrogen-bond donors (Lipinski definition) is 1. The zero-order valence-electron chi connectivity index (χ0n) is 14.8. The van der Waals surface area contributed by atoms with Crippen molar-refractivity contribution in [1.82, 2.24) is 10.2 Å². The van der Waals surface area contributed by atoms with Crippen LogP contribution in [0.25, 0.3) is 0 Å². The molecule has 21 heavy (non-hydrogen) atoms. The summed E-state index contributed by atoms with van der Waals surface area (Å²) in [5, 5.41) is 3.58. The minimum absolute atomic E-state index is 0.00426. The summed E-state index contributed by atoms with van der Waals surface area (Å²) in [6.45, 7) is 12.4. The van der Waals surface area contributed by atoms with Crippen LogP contribution in [0.2, 0.25) is 0 Å². The molecule has 1 saturated heterocycles. The van der Waals surface area contributed by atoms with Crippen molar-refractivity contribution in [3.8, 4) is 0 Å². The van der Waals surface area contributed by atoms with E-state index in [1.165, 1.54) is 38.6 Å². The predicted molar refractivity (Wildman–Crippen MR) is 89.7 cm³/mol. The number of morpholine rings is 1. The molecular formula is C18H36N2O. The highest BCUT2D eigenvalue weighted by Crippen LogP contribution is 2.33. The van der Waals surface area contributed by atoms with Crippen molar-refractivity contribution in [3.05, 3.63) is 0 Å². The predicted octanol–water partition coefficient (Wildman–Crippen LogP) is 3.29. The lowest BCUT2D eigenvalue weighted by atomic mass is 9.76. The van der Waals surface area contributed by atoms with Crippen LogP contribution < -0.4 is 5.32 Å². The smallest absolute Gasteiger partial charge is 0.0757 e. The number of ether oxygens (including phenoxy) is 1. The van der Waals surface area contributed by atoms with Crippen molar-refractivity contribution in [2.75, 3.05) is 26.7 Å². The van der Waals surface area contributed by atoms with E-state index in [9.17, 15) is 0 Å². The fraction of sp³-hybridized carbons (Fsp3) is 1.00. The van der Waals surface area contributed by atoms with Gasteiger partial charge in [0, 0.05) is 25.7 Å². The minimum Gasteiger partial charge on any atom is -0.370 e. The van der Waals surface area contributed by atoms with Crippen LogP contribution in [0, 0.1) is 11.8 Å². The normalized spacial score (nSPS) is 37.6. The van der Waals surface area contributed by atoms with Gasteiger partial charge in [-0.25, -0.2) is 0 Å². The summed E-state index contributed by atoms with van der Waals surface area (Å²) in [6.07, 6.45) is 7.29. The van der Waals surface area contributed by atoms with Crippen molar-refractivity contribution in [3.63, 3.8) is 0 Å². The highest BCUT2D eigenvalue weighted by molar-refractivity contribution is 4.89. The van der Waals surface area contributed by atoms with Gasteiger partial charge in [0.2, 0.25) is 0 Å². The van der Waals surface area contributed by atoms with Gasteiger partial charge in [-0.3, -0.25) is 4.90 Å². The highest BCUT2D eigenvalue weighted by Gasteiger charge is 2.35. The fourth-order valence-corrected chi connectivity index (χ4v) is 4.67. The van der Waals surface area contributed by atoms with Gasteiger partial charge >= 0.3 is 0 Å². The molecule has 1 aliphatic heterocycles. The molecule has 1 heterocycles. The van der Waals surface area contributed by atoms with Crippen LogP contribution in [-0.2, 0) is 4.74 Å². The molecule has 2 rings (SSSR count). The zero-order chi connectivity index (χ0) is 15.5. The van der Waals surface area contributed by atoms with Crippen LogP contribution in [0.3, 0.4) is 0 Å². The molecule has 4 unspecified atom stereocenters. The quantitative estimate of drug-likeness (QED) is 0.842. The van der Waals surface area contributed by atoms with Gasteiger partial charge in [-0.2, -0.15) is 0 Å². The molecule has 3 nitrogen and oxygen atoms in total. The second-order valence-electron chi connectivity index (χ2n) is 8.01. The maximum Gasteiger partial charge on any atom is 0.0757 e. The Balaban J connectivity index is 1.94. The summed E-state index contributed by atoms with van der Waals surface area (Å²) in [6, 6.07) is 0.708. The summed E-state index contributed by atoms with van der Waals surface area (Å²) >= 11 is 0. The van der Waals surface area contributed by atoms with Gasteiger partial charge in [-0.05, 0) is 58.9 Å². The molecule has 0 radical (unpaired) electrons. The van der Waals surface area contributed by atoms with Gasteiger partial charge in [-0.15, -0.1) is 0 Å². The number of nitrogens with zero attached hydrogens (tertiary/aromatic N) is 1. The van der Waals surface area contributed by atoms with E-state index < -0.39 is 0 Å². The molecule has 1 N–H and O–H groups in total. The maximum atomic E-state index is 6.05. The molecule has 3 heteroatoms. The van der Waals surface area contributed by atoms with Gasteiger partial charge in [0.1, 0.15) is 0 Å². The summed E-state index contributed by atoms with van der Waals surface area (Å²) in [4.78, 5) is 2.65. The van der Waals surface area contributed by atoms with Gasteiger partial charge < -0.3 is 10.1 Å². The summed E-state index contributed by atoms with van der Waals surface area (Å²) in [7, 11) is 2.14. The van der Waals surface area contributed by atoms with Gasteiger partial charge in [-0.1, -0.05) is 19.8 Å². The molecule has 0 aromatic carbocycles. The molecule has 0 amide bonds. The van der Waals surface area contributed by atoms with E-state index in [1.54, 1.807) is 0 Å². The number of hydrogen-bond acceptors (Lipinski definition) is 3. The van der Waals surface area contributed by atoms with E-state index in [2.05, 4.69) is 45.0 Å². The van der Waals surface area contributed by atoms with Crippen molar-refractivity contribution >= 4 is 0 Å². The van der Waals surface area contributed by atoms with E-state index >= 15 is 0 Å². The molecule has 1 aliphatic carbocycles. The maximum absolute atomic E-state index is 6.05. The molecular weight excluding hydrogens is 260 g/mol. The van der Waals surface area contributed by atoms with E-state index in [0.717, 1.165) is 24.9 Å². The van der Waals surface area contributed by atoms with E-state index in [1.807, 2.05) is 0 Å². The summed E-state index contributed by atoms with van der Waals surface area (Å²) in [5.41, 5.74) is 0.00426. The van der Waals surface area contributed by atoms with E-state index in [0.29, 0.717) is 12.1 Å². The van der Waals surface area contributed by atoms with Crippen LogP contribution in [-0.4, -0.2) is 49.3 Å². The Morgan fingerprint density at radius 1 is 1.29 bits per heavy atom. The lowest BCUT2D eigenvalue weighted by Gasteiger charge is -2.45. The zero-order valence-corrected chi connectivity index (χ0v) is 14.8. The van der Waals surface area contributed by atoms with Gasteiger partial charge in [0.15, 0.2) is 0 Å². The van der Waals surface area contributed by atoms with Crippen molar-refractivity contribution in [1.29, 1.82) is 0 Å². The molecule has 4 atom stereocenters. The Morgan fingerprint density at radius 3 is 2.67 bits per heavy atom. The molecule has 124 valence electrons. The fourth-order valence-electron chi connectivity index (χ4n) is 4.67. The average Bonchev–Trinajstić information content (AvgIpc) is 2.37. The Bertz CT molecular complexity index is 318. The van der Waals surface area contributed by atoms with Crippen molar-refractivity contribution < 1.29 is 4.74 Å². The molecule has 0 bridgehead atoms. The Labute approximate surface area is 131 Å². The van der Waals surface area contributed by atoms with Crippen LogP contribution in [0.4, 0.5) is 0 Å². The standard InChI is InChI=1S/C18H36N2O/c1-6-7-15-8-9-17(19-5)16(10-15)12-20-11-14(2)21-18(3,4)13-20/h14-17,19H,6-13H2,1-5H3. The lowest BCUT2D eigenvalue weighted by Crippen LogP contribution is -2.55. The monoisotopic (exact) mass is 296 g/mol. The molecule has 2 fully saturated rings. The van der Waals surface area contributed by atoms with Crippen LogP contribution in [0.1, 0.15) is 59.8 Å². The first kappa shape index (κ1) is 17.2. The summed E-state index contributed by atoms with van der Waals surface area (Å²) < 4.78 is 6.05. The first-order valence-corrected chi connectivity index (χ1v) is 9.01. The topological polar surface area (TPSA) is 24.5 Å². The van der Waals surface area contributed by atoms with Crippen LogP contribution in [0.15, 0.2) is 0 Å². The second kappa shape index (κ2) is 7.43. The molecule has 0 aromatic rings. The Hall–Kier alpha value is -0.120. The lowest BCUT2D eigenvalue weighted by molar-refractivity contribution is -0.132. The average molecular weight is 296 g/mol. The SMILES string of the molecule is CCCC1CCC(NC)C(CN2CC(C)OC(C)(C)C2)C1. The molecule has 2 aliphatic rings. The third-order valence-corrected chi connectivity index (χ3v) is 5.29. The summed E-state index contributed by atoms with van der Waals surface area (Å²) in [5.74, 6) is 1.76. The first-order valence-electron chi connectivity index (χ1n) is 9.01. The largest absolute Gasteiger partial charge is 0.370 e.